The largest absolute Gasteiger partial charge is 0.619 e. The van der Waals surface area contributed by atoms with Gasteiger partial charge in [0.1, 0.15) is 12.5 Å². The SMILES string of the molecule is C=[N+]([O-])c1ccc(NC(=O)c2ccccc2)c(OCCCC(=O)OCC)c1. The Bertz CT molecular complexity index is 805. The normalized spacial score (nSPS) is 10.1. The molecule has 0 heterocycles. The minimum Gasteiger partial charge on any atom is -0.619 e. The van der Waals surface area contributed by atoms with E-state index in [2.05, 4.69) is 12.0 Å². The molecule has 0 aliphatic rings. The molecular weight excluding hydrogens is 348 g/mol. The average Bonchev–Trinajstić information content (AvgIpc) is 2.67. The van der Waals surface area contributed by atoms with Crippen LogP contribution in [-0.2, 0) is 9.53 Å². The van der Waals surface area contributed by atoms with Crippen molar-refractivity contribution in [2.45, 2.75) is 19.8 Å². The molecule has 0 saturated heterocycles. The van der Waals surface area contributed by atoms with Gasteiger partial charge in [-0.15, -0.1) is 0 Å². The third kappa shape index (κ3) is 6.14. The van der Waals surface area contributed by atoms with Crippen LogP contribution in [0.4, 0.5) is 11.4 Å². The molecule has 0 saturated carbocycles. The van der Waals surface area contributed by atoms with Crippen molar-refractivity contribution in [2.24, 2.45) is 0 Å². The number of hydrogen-bond donors (Lipinski definition) is 1. The van der Waals surface area contributed by atoms with E-state index in [1.807, 2.05) is 6.07 Å². The van der Waals surface area contributed by atoms with Crippen molar-refractivity contribution in [1.82, 2.24) is 0 Å². The van der Waals surface area contributed by atoms with Crippen LogP contribution in [0.2, 0.25) is 0 Å². The van der Waals surface area contributed by atoms with Crippen LogP contribution in [0.15, 0.2) is 48.5 Å². The third-order valence-corrected chi connectivity index (χ3v) is 3.63. The van der Waals surface area contributed by atoms with E-state index in [1.54, 1.807) is 37.3 Å². The summed E-state index contributed by atoms with van der Waals surface area (Å²) in [4.78, 5) is 23.7. The van der Waals surface area contributed by atoms with Crippen molar-refractivity contribution in [3.8, 4) is 5.75 Å². The number of ether oxygens (including phenoxy) is 2. The highest BCUT2D eigenvalue weighted by Gasteiger charge is 2.13. The maximum Gasteiger partial charge on any atom is 0.305 e. The van der Waals surface area contributed by atoms with Crippen LogP contribution in [-0.4, -0.2) is 36.5 Å². The molecule has 2 rings (SSSR count). The molecule has 0 aromatic heterocycles. The zero-order chi connectivity index (χ0) is 19.6. The number of amides is 1. The lowest BCUT2D eigenvalue weighted by molar-refractivity contribution is -0.349. The van der Waals surface area contributed by atoms with Gasteiger partial charge >= 0.3 is 5.97 Å². The molecule has 1 N–H and O–H groups in total. The Morgan fingerprint density at radius 2 is 1.93 bits per heavy atom. The molecule has 7 nitrogen and oxygen atoms in total. The van der Waals surface area contributed by atoms with Crippen molar-refractivity contribution >= 4 is 30.0 Å². The number of nitrogens with zero attached hydrogens (tertiary/aromatic N) is 1. The van der Waals surface area contributed by atoms with Gasteiger partial charge in [-0.2, -0.15) is 4.74 Å². The van der Waals surface area contributed by atoms with Gasteiger partial charge in [-0.25, -0.2) is 0 Å². The van der Waals surface area contributed by atoms with Crippen LogP contribution in [0.1, 0.15) is 30.1 Å². The molecule has 7 heteroatoms. The maximum atomic E-state index is 12.4. The van der Waals surface area contributed by atoms with E-state index < -0.39 is 0 Å². The molecule has 27 heavy (non-hydrogen) atoms. The monoisotopic (exact) mass is 370 g/mol. The van der Waals surface area contributed by atoms with Gasteiger partial charge in [-0.1, -0.05) is 18.2 Å². The van der Waals surface area contributed by atoms with Crippen LogP contribution in [0.3, 0.4) is 0 Å². The quantitative estimate of drug-likeness (QED) is 0.182. The zero-order valence-corrected chi connectivity index (χ0v) is 15.1. The second kappa shape index (κ2) is 9.96. The molecule has 1 amide bonds. The molecule has 2 aromatic carbocycles. The van der Waals surface area contributed by atoms with E-state index in [-0.39, 0.29) is 30.6 Å². The first kappa shape index (κ1) is 20.0. The first-order valence-electron chi connectivity index (χ1n) is 8.58. The Morgan fingerprint density at radius 3 is 2.59 bits per heavy atom. The second-order valence-corrected chi connectivity index (χ2v) is 5.64. The van der Waals surface area contributed by atoms with Gasteiger partial charge in [0, 0.05) is 18.1 Å². The summed E-state index contributed by atoms with van der Waals surface area (Å²) in [5.74, 6) is -0.269. The summed E-state index contributed by atoms with van der Waals surface area (Å²) in [6.07, 6.45) is 0.669. The van der Waals surface area contributed by atoms with Gasteiger partial charge in [-0.05, 0) is 31.5 Å². The fraction of sp³-hybridized carbons (Fsp3) is 0.250. The predicted octanol–water partition coefficient (Wildman–Crippen LogP) is 3.50. The number of nitrogens with one attached hydrogen (secondary N) is 1. The van der Waals surface area contributed by atoms with Crippen molar-refractivity contribution < 1.29 is 23.8 Å². The van der Waals surface area contributed by atoms with Gasteiger partial charge in [-0.3, -0.25) is 9.59 Å². The smallest absolute Gasteiger partial charge is 0.305 e. The molecular formula is C20H22N2O5. The van der Waals surface area contributed by atoms with Crippen LogP contribution < -0.4 is 10.1 Å². The van der Waals surface area contributed by atoms with Gasteiger partial charge in [0.25, 0.3) is 5.91 Å². The lowest BCUT2D eigenvalue weighted by atomic mass is 10.2. The fourth-order valence-corrected chi connectivity index (χ4v) is 2.30. The van der Waals surface area contributed by atoms with E-state index in [1.165, 1.54) is 12.1 Å². The number of carbonyl (C=O) groups is 2. The first-order valence-corrected chi connectivity index (χ1v) is 8.58. The maximum absolute atomic E-state index is 12.4. The highest BCUT2D eigenvalue weighted by Crippen LogP contribution is 2.30. The number of hydrogen-bond acceptors (Lipinski definition) is 5. The highest BCUT2D eigenvalue weighted by molar-refractivity contribution is 6.05. The molecule has 0 aliphatic heterocycles. The van der Waals surface area contributed by atoms with Crippen LogP contribution in [0.25, 0.3) is 0 Å². The Hall–Kier alpha value is -3.35. The van der Waals surface area contributed by atoms with E-state index in [4.69, 9.17) is 9.47 Å². The van der Waals surface area contributed by atoms with Crippen molar-refractivity contribution in [1.29, 1.82) is 0 Å². The summed E-state index contributed by atoms with van der Waals surface area (Å²) in [6, 6.07) is 13.3. The average molecular weight is 370 g/mol. The standard InChI is InChI=1S/C20H22N2O5/c1-3-26-19(23)10-7-13-27-18-14-16(22(2)25)11-12-17(18)21-20(24)15-8-5-4-6-9-15/h4-6,8-9,11-12,14H,2-3,7,10,13H2,1H3,(H,21,24). The number of carbonyl (C=O) groups excluding carboxylic acids is 2. The Kier molecular flexibility index (Phi) is 7.37. The van der Waals surface area contributed by atoms with Crippen molar-refractivity contribution in [3.63, 3.8) is 0 Å². The predicted molar refractivity (Wildman–Crippen MR) is 103 cm³/mol. The topological polar surface area (TPSA) is 90.7 Å². The number of anilines is 1. The van der Waals surface area contributed by atoms with Gasteiger partial charge in [0.15, 0.2) is 0 Å². The molecule has 0 radical (unpaired) electrons. The third-order valence-electron chi connectivity index (χ3n) is 3.63. The summed E-state index contributed by atoms with van der Waals surface area (Å²) in [5, 5.41) is 14.2. The summed E-state index contributed by atoms with van der Waals surface area (Å²) in [7, 11) is 0. The molecule has 0 bridgehead atoms. The number of benzene rings is 2. The fourth-order valence-electron chi connectivity index (χ4n) is 2.30. The molecule has 2 aromatic rings. The molecule has 0 spiro atoms. The summed E-state index contributed by atoms with van der Waals surface area (Å²) < 4.78 is 11.0. The summed E-state index contributed by atoms with van der Waals surface area (Å²) >= 11 is 0. The second-order valence-electron chi connectivity index (χ2n) is 5.64. The Morgan fingerprint density at radius 1 is 1.19 bits per heavy atom. The first-order chi connectivity index (χ1) is 13.0. The summed E-state index contributed by atoms with van der Waals surface area (Å²) in [5.41, 5.74) is 1.20. The van der Waals surface area contributed by atoms with Crippen LogP contribution >= 0.6 is 0 Å². The van der Waals surface area contributed by atoms with Crippen LogP contribution in [0, 0.1) is 5.21 Å². The minimum atomic E-state index is -0.298. The van der Waals surface area contributed by atoms with Crippen molar-refractivity contribution in [3.05, 3.63) is 59.3 Å². The molecule has 142 valence electrons. The molecule has 0 unspecified atom stereocenters. The highest BCUT2D eigenvalue weighted by atomic mass is 16.5. The summed E-state index contributed by atoms with van der Waals surface area (Å²) in [6.45, 7) is 5.61. The van der Waals surface area contributed by atoms with E-state index in [9.17, 15) is 14.8 Å². The molecule has 0 aliphatic carbocycles. The zero-order valence-electron chi connectivity index (χ0n) is 15.1. The lowest BCUT2D eigenvalue weighted by Crippen LogP contribution is -2.13. The van der Waals surface area contributed by atoms with E-state index >= 15 is 0 Å². The number of rotatable bonds is 9. The van der Waals surface area contributed by atoms with E-state index in [0.717, 1.165) is 0 Å². The molecule has 0 fully saturated rings. The van der Waals surface area contributed by atoms with Gasteiger partial charge < -0.3 is 20.0 Å². The van der Waals surface area contributed by atoms with Crippen LogP contribution in [0.5, 0.6) is 5.75 Å². The van der Waals surface area contributed by atoms with Gasteiger partial charge in [0.05, 0.1) is 25.0 Å². The Balaban J connectivity index is 2.08. The van der Waals surface area contributed by atoms with E-state index in [0.29, 0.717) is 34.8 Å². The van der Waals surface area contributed by atoms with Crippen molar-refractivity contribution in [2.75, 3.05) is 18.5 Å². The number of esters is 1. The minimum absolute atomic E-state index is 0.224. The van der Waals surface area contributed by atoms with Gasteiger partial charge in [0.2, 0.25) is 5.69 Å². The lowest BCUT2D eigenvalue weighted by Gasteiger charge is -2.13. The Labute approximate surface area is 157 Å². The molecule has 0 atom stereocenters.